The summed E-state index contributed by atoms with van der Waals surface area (Å²) in [4.78, 5) is 23.4. The Balaban J connectivity index is 1.69. The normalized spacial score (nSPS) is 15.1. The molecule has 1 aromatic carbocycles. The van der Waals surface area contributed by atoms with Crippen LogP contribution in [0.3, 0.4) is 0 Å². The Bertz CT molecular complexity index is 467. The maximum atomic E-state index is 11.8. The zero-order chi connectivity index (χ0) is 14.4. The van der Waals surface area contributed by atoms with Crippen molar-refractivity contribution in [1.29, 1.82) is 0 Å². The van der Waals surface area contributed by atoms with Gasteiger partial charge in [0.25, 0.3) is 5.91 Å². The Hall–Kier alpha value is -1.36. The van der Waals surface area contributed by atoms with Crippen LogP contribution in [0.25, 0.3) is 0 Å². The number of rotatable bonds is 4. The monoisotopic (exact) mass is 338 g/mol. The third-order valence-corrected chi connectivity index (χ3v) is 4.20. The SMILES string of the molecule is O=C(CCC1CCCC1)NNC(=O)c1ccc(Br)cc1. The highest BCUT2D eigenvalue weighted by atomic mass is 79.9. The van der Waals surface area contributed by atoms with Crippen molar-refractivity contribution in [2.45, 2.75) is 38.5 Å². The van der Waals surface area contributed by atoms with Crippen molar-refractivity contribution >= 4 is 27.7 Å². The van der Waals surface area contributed by atoms with Crippen LogP contribution in [0, 0.1) is 5.92 Å². The Morgan fingerprint density at radius 2 is 1.75 bits per heavy atom. The van der Waals surface area contributed by atoms with Gasteiger partial charge in [-0.2, -0.15) is 0 Å². The number of nitrogens with one attached hydrogen (secondary N) is 2. The van der Waals surface area contributed by atoms with E-state index in [1.54, 1.807) is 24.3 Å². The molecule has 1 aliphatic carbocycles. The van der Waals surface area contributed by atoms with E-state index in [-0.39, 0.29) is 11.8 Å². The number of halogens is 1. The molecule has 5 heteroatoms. The molecule has 0 radical (unpaired) electrons. The second-order valence-electron chi connectivity index (χ2n) is 5.20. The Kier molecular flexibility index (Phi) is 5.59. The quantitative estimate of drug-likeness (QED) is 0.828. The molecule has 2 N–H and O–H groups in total. The van der Waals surface area contributed by atoms with Crippen molar-refractivity contribution in [2.24, 2.45) is 5.92 Å². The molecule has 0 bridgehead atoms. The third kappa shape index (κ3) is 4.63. The highest BCUT2D eigenvalue weighted by molar-refractivity contribution is 9.10. The second kappa shape index (κ2) is 7.43. The van der Waals surface area contributed by atoms with E-state index in [1.807, 2.05) is 0 Å². The zero-order valence-electron chi connectivity index (χ0n) is 11.3. The molecule has 0 saturated heterocycles. The van der Waals surface area contributed by atoms with Crippen molar-refractivity contribution in [3.05, 3.63) is 34.3 Å². The number of benzene rings is 1. The first kappa shape index (κ1) is 15.0. The number of hydrazine groups is 1. The molecule has 0 heterocycles. The first-order chi connectivity index (χ1) is 9.65. The lowest BCUT2D eigenvalue weighted by atomic mass is 10.0. The molecule has 2 amide bonds. The van der Waals surface area contributed by atoms with Crippen LogP contribution < -0.4 is 10.9 Å². The molecule has 0 aromatic heterocycles. The Labute approximate surface area is 127 Å². The van der Waals surface area contributed by atoms with Crippen LogP contribution in [-0.4, -0.2) is 11.8 Å². The Morgan fingerprint density at radius 1 is 1.10 bits per heavy atom. The average Bonchev–Trinajstić information content (AvgIpc) is 2.96. The number of amides is 2. The summed E-state index contributed by atoms with van der Waals surface area (Å²) in [5.41, 5.74) is 5.43. The molecule has 1 saturated carbocycles. The van der Waals surface area contributed by atoms with E-state index in [0.717, 1.165) is 10.9 Å². The summed E-state index contributed by atoms with van der Waals surface area (Å²) in [6, 6.07) is 6.97. The maximum absolute atomic E-state index is 11.8. The predicted molar refractivity (Wildman–Crippen MR) is 80.9 cm³/mol. The summed E-state index contributed by atoms with van der Waals surface area (Å²) >= 11 is 3.31. The van der Waals surface area contributed by atoms with E-state index in [9.17, 15) is 9.59 Å². The molecular weight excluding hydrogens is 320 g/mol. The van der Waals surface area contributed by atoms with Crippen molar-refractivity contribution in [2.75, 3.05) is 0 Å². The highest BCUT2D eigenvalue weighted by Gasteiger charge is 2.16. The number of carbonyl (C=O) groups is 2. The molecule has 0 atom stereocenters. The van der Waals surface area contributed by atoms with Crippen molar-refractivity contribution < 1.29 is 9.59 Å². The number of hydrogen-bond donors (Lipinski definition) is 2. The number of hydrogen-bond acceptors (Lipinski definition) is 2. The fraction of sp³-hybridized carbons (Fsp3) is 0.467. The van der Waals surface area contributed by atoms with Gasteiger partial charge in [-0.05, 0) is 36.6 Å². The fourth-order valence-corrected chi connectivity index (χ4v) is 2.76. The average molecular weight is 339 g/mol. The van der Waals surface area contributed by atoms with Crippen LogP contribution in [0.5, 0.6) is 0 Å². The van der Waals surface area contributed by atoms with Gasteiger partial charge in [-0.15, -0.1) is 0 Å². The summed E-state index contributed by atoms with van der Waals surface area (Å²) in [7, 11) is 0. The molecule has 1 aromatic rings. The van der Waals surface area contributed by atoms with Gasteiger partial charge in [0, 0.05) is 16.5 Å². The van der Waals surface area contributed by atoms with Crippen molar-refractivity contribution in [1.82, 2.24) is 10.9 Å². The molecular formula is C15H19BrN2O2. The van der Waals surface area contributed by atoms with E-state index < -0.39 is 0 Å². The molecule has 2 rings (SSSR count). The van der Waals surface area contributed by atoms with Crippen LogP contribution >= 0.6 is 15.9 Å². The van der Waals surface area contributed by atoms with Crippen LogP contribution in [0.2, 0.25) is 0 Å². The van der Waals surface area contributed by atoms with Crippen molar-refractivity contribution in [3.8, 4) is 0 Å². The van der Waals surface area contributed by atoms with E-state index in [2.05, 4.69) is 26.8 Å². The van der Waals surface area contributed by atoms with Crippen molar-refractivity contribution in [3.63, 3.8) is 0 Å². The minimum atomic E-state index is -0.299. The maximum Gasteiger partial charge on any atom is 0.269 e. The van der Waals surface area contributed by atoms with Gasteiger partial charge in [0.05, 0.1) is 0 Å². The summed E-state index contributed by atoms with van der Waals surface area (Å²) in [5.74, 6) is 0.261. The van der Waals surface area contributed by atoms with Gasteiger partial charge in [0.15, 0.2) is 0 Å². The summed E-state index contributed by atoms with van der Waals surface area (Å²) in [6.45, 7) is 0. The van der Waals surface area contributed by atoms with Gasteiger partial charge in [-0.25, -0.2) is 0 Å². The van der Waals surface area contributed by atoms with Crippen LogP contribution in [0.1, 0.15) is 48.9 Å². The molecule has 0 aliphatic heterocycles. The molecule has 108 valence electrons. The second-order valence-corrected chi connectivity index (χ2v) is 6.11. The fourth-order valence-electron chi connectivity index (χ4n) is 2.50. The number of carbonyl (C=O) groups excluding carboxylic acids is 2. The molecule has 4 nitrogen and oxygen atoms in total. The first-order valence-electron chi connectivity index (χ1n) is 7.00. The molecule has 0 spiro atoms. The minimum Gasteiger partial charge on any atom is -0.273 e. The third-order valence-electron chi connectivity index (χ3n) is 3.68. The van der Waals surface area contributed by atoms with Crippen LogP contribution in [0.15, 0.2) is 28.7 Å². The van der Waals surface area contributed by atoms with Gasteiger partial charge in [-0.1, -0.05) is 41.6 Å². The van der Waals surface area contributed by atoms with E-state index in [1.165, 1.54) is 25.7 Å². The van der Waals surface area contributed by atoms with Gasteiger partial charge in [0.2, 0.25) is 5.91 Å². The predicted octanol–water partition coefficient (Wildman–Crippen LogP) is 3.18. The van der Waals surface area contributed by atoms with E-state index in [0.29, 0.717) is 17.9 Å². The summed E-state index contributed by atoms with van der Waals surface area (Å²) in [5, 5.41) is 0. The first-order valence-corrected chi connectivity index (χ1v) is 7.79. The topological polar surface area (TPSA) is 58.2 Å². The summed E-state index contributed by atoms with van der Waals surface area (Å²) in [6.07, 6.45) is 6.43. The minimum absolute atomic E-state index is 0.123. The summed E-state index contributed by atoms with van der Waals surface area (Å²) < 4.78 is 0.912. The molecule has 20 heavy (non-hydrogen) atoms. The largest absolute Gasteiger partial charge is 0.273 e. The van der Waals surface area contributed by atoms with Gasteiger partial charge in [0.1, 0.15) is 0 Å². The van der Waals surface area contributed by atoms with Gasteiger partial charge >= 0.3 is 0 Å². The Morgan fingerprint density at radius 3 is 2.40 bits per heavy atom. The van der Waals surface area contributed by atoms with E-state index >= 15 is 0 Å². The zero-order valence-corrected chi connectivity index (χ0v) is 12.9. The van der Waals surface area contributed by atoms with Gasteiger partial charge < -0.3 is 0 Å². The molecule has 0 unspecified atom stereocenters. The van der Waals surface area contributed by atoms with Crippen LogP contribution in [-0.2, 0) is 4.79 Å². The lowest BCUT2D eigenvalue weighted by Gasteiger charge is -2.10. The smallest absolute Gasteiger partial charge is 0.269 e. The lowest BCUT2D eigenvalue weighted by molar-refractivity contribution is -0.122. The standard InChI is InChI=1S/C15H19BrN2O2/c16-13-8-6-12(7-9-13)15(20)18-17-14(19)10-5-11-3-1-2-4-11/h6-9,11H,1-5,10H2,(H,17,19)(H,18,20). The van der Waals surface area contributed by atoms with Gasteiger partial charge in [-0.3, -0.25) is 20.4 Å². The molecule has 1 aliphatic rings. The lowest BCUT2D eigenvalue weighted by Crippen LogP contribution is -2.41. The molecule has 1 fully saturated rings. The highest BCUT2D eigenvalue weighted by Crippen LogP contribution is 2.28. The van der Waals surface area contributed by atoms with Crippen LogP contribution in [0.4, 0.5) is 0 Å². The van der Waals surface area contributed by atoms with E-state index in [4.69, 9.17) is 0 Å².